The molecule has 74 valence electrons. The topological polar surface area (TPSA) is 64.9 Å². The summed E-state index contributed by atoms with van der Waals surface area (Å²) in [5, 5.41) is 8.50. The van der Waals surface area contributed by atoms with Crippen LogP contribution in [0.15, 0.2) is 0 Å². The Labute approximate surface area is 79.7 Å². The number of carbonyl (C=O) groups is 1. The van der Waals surface area contributed by atoms with Gasteiger partial charge in [0.2, 0.25) is 0 Å². The molecule has 0 radical (unpaired) electrons. The number of carboxylic acids is 1. The highest BCUT2D eigenvalue weighted by atomic mass is 35.5. The lowest BCUT2D eigenvalue weighted by molar-refractivity contribution is -0.379. The summed E-state index contributed by atoms with van der Waals surface area (Å²) in [7, 11) is 0. The van der Waals surface area contributed by atoms with E-state index in [2.05, 4.69) is 19.6 Å². The fraction of sp³-hybridized carbons (Fsp3) is 0.875. The van der Waals surface area contributed by atoms with Crippen LogP contribution in [0, 0.1) is 11.8 Å². The number of rotatable bonds is 5. The minimum absolute atomic E-state index is 0. The van der Waals surface area contributed by atoms with E-state index in [9.17, 15) is 4.79 Å². The van der Waals surface area contributed by atoms with E-state index in [1.165, 1.54) is 0 Å². The van der Waals surface area contributed by atoms with Gasteiger partial charge in [0.15, 0.2) is 0 Å². The Morgan fingerprint density at radius 3 is 2.25 bits per heavy atom. The van der Waals surface area contributed by atoms with E-state index in [4.69, 9.17) is 5.11 Å². The zero-order chi connectivity index (χ0) is 8.85. The zero-order valence-electron chi connectivity index (χ0n) is 7.72. The smallest absolute Gasteiger partial charge is 0.303 e. The zero-order valence-corrected chi connectivity index (χ0v) is 8.47. The third-order valence-corrected chi connectivity index (χ3v) is 1.68. The Kier molecular flexibility index (Phi) is 8.76. The number of aliphatic carboxylic acids is 1. The molecule has 0 heterocycles. The van der Waals surface area contributed by atoms with Crippen LogP contribution in [0.3, 0.4) is 0 Å². The molecule has 0 amide bonds. The molecule has 4 heteroatoms. The van der Waals surface area contributed by atoms with Crippen molar-refractivity contribution in [3.63, 3.8) is 0 Å². The lowest BCUT2D eigenvalue weighted by atomic mass is 9.94. The van der Waals surface area contributed by atoms with Gasteiger partial charge in [-0.2, -0.15) is 0 Å². The van der Waals surface area contributed by atoms with Gasteiger partial charge in [-0.25, -0.2) is 0 Å². The maximum absolute atomic E-state index is 10.3. The summed E-state index contributed by atoms with van der Waals surface area (Å²) in [6.45, 7) is 4.93. The van der Waals surface area contributed by atoms with Crippen LogP contribution in [0.25, 0.3) is 0 Å². The van der Waals surface area contributed by atoms with Crippen LogP contribution in [0.4, 0.5) is 0 Å². The number of quaternary nitrogens is 1. The summed E-state index contributed by atoms with van der Waals surface area (Å²) in [4.78, 5) is 10.3. The molecule has 0 bridgehead atoms. The van der Waals surface area contributed by atoms with E-state index in [0.29, 0.717) is 5.92 Å². The van der Waals surface area contributed by atoms with Gasteiger partial charge < -0.3 is 23.2 Å². The van der Waals surface area contributed by atoms with Crippen molar-refractivity contribution < 1.29 is 28.0 Å². The molecule has 4 N–H and O–H groups in total. The molecule has 0 fully saturated rings. The van der Waals surface area contributed by atoms with Crippen molar-refractivity contribution in [2.45, 2.75) is 26.7 Å². The Bertz CT molecular complexity index is 128. The highest BCUT2D eigenvalue weighted by Crippen LogP contribution is 2.13. The third-order valence-electron chi connectivity index (χ3n) is 1.68. The van der Waals surface area contributed by atoms with Crippen LogP contribution >= 0.6 is 0 Å². The van der Waals surface area contributed by atoms with Crippen LogP contribution in [-0.2, 0) is 4.79 Å². The van der Waals surface area contributed by atoms with Crippen LogP contribution in [0.1, 0.15) is 26.7 Å². The van der Waals surface area contributed by atoms with Gasteiger partial charge in [0.1, 0.15) is 0 Å². The van der Waals surface area contributed by atoms with Crippen LogP contribution in [-0.4, -0.2) is 17.6 Å². The number of halogens is 1. The summed E-state index contributed by atoms with van der Waals surface area (Å²) in [5.41, 5.74) is 3.73. The summed E-state index contributed by atoms with van der Waals surface area (Å²) >= 11 is 0. The van der Waals surface area contributed by atoms with E-state index < -0.39 is 5.97 Å². The average Bonchev–Trinajstić information content (AvgIpc) is 1.84. The van der Waals surface area contributed by atoms with Crippen molar-refractivity contribution in [1.29, 1.82) is 0 Å². The molecule has 1 atom stereocenters. The molecule has 3 nitrogen and oxygen atoms in total. The normalized spacial score (nSPS) is 12.3. The van der Waals surface area contributed by atoms with E-state index in [1.807, 2.05) is 0 Å². The second-order valence-electron chi connectivity index (χ2n) is 3.38. The highest BCUT2D eigenvalue weighted by Gasteiger charge is 2.14. The maximum atomic E-state index is 10.3. The first-order valence-electron chi connectivity index (χ1n) is 4.07. The summed E-state index contributed by atoms with van der Waals surface area (Å²) < 4.78 is 0. The summed E-state index contributed by atoms with van der Waals surface area (Å²) in [6, 6.07) is 0. The predicted molar refractivity (Wildman–Crippen MR) is 43.0 cm³/mol. The molecule has 0 aromatic heterocycles. The predicted octanol–water partition coefficient (Wildman–Crippen LogP) is -2.63. The molecule has 0 aliphatic carbocycles. The number of hydrogen-bond donors (Lipinski definition) is 2. The first kappa shape index (κ1) is 14.3. The molecule has 0 unspecified atom stereocenters. The lowest BCUT2D eigenvalue weighted by Gasteiger charge is -2.11. The molecule has 0 saturated heterocycles. The molecular weight excluding hydrogens is 178 g/mol. The van der Waals surface area contributed by atoms with Gasteiger partial charge in [-0.1, -0.05) is 13.8 Å². The summed E-state index contributed by atoms with van der Waals surface area (Å²) in [5.74, 6) is 0.118. The van der Waals surface area contributed by atoms with Gasteiger partial charge in [-0.3, -0.25) is 4.79 Å². The fourth-order valence-electron chi connectivity index (χ4n) is 1.22. The molecule has 0 spiro atoms. The summed E-state index contributed by atoms with van der Waals surface area (Å²) in [6.07, 6.45) is 1.23. The van der Waals surface area contributed by atoms with Gasteiger partial charge >= 0.3 is 5.97 Å². The average molecular weight is 196 g/mol. The SMILES string of the molecule is CC(C)C[C@H](C[NH3+])CC(=O)O.[Cl-]. The van der Waals surface area contributed by atoms with Crippen LogP contribution in [0.5, 0.6) is 0 Å². The quantitative estimate of drug-likeness (QED) is 0.504. The first-order chi connectivity index (χ1) is 5.06. The number of hydrogen-bond acceptors (Lipinski definition) is 1. The Balaban J connectivity index is 0. The first-order valence-corrected chi connectivity index (χ1v) is 4.07. The number of carboxylic acid groups (broad SMARTS) is 1. The van der Waals surface area contributed by atoms with E-state index in [1.54, 1.807) is 0 Å². The largest absolute Gasteiger partial charge is 1.00 e. The van der Waals surface area contributed by atoms with Gasteiger partial charge in [0.25, 0.3) is 0 Å². The van der Waals surface area contributed by atoms with Crippen molar-refractivity contribution in [2.24, 2.45) is 11.8 Å². The maximum Gasteiger partial charge on any atom is 0.303 e. The molecule has 0 rings (SSSR count). The second-order valence-corrected chi connectivity index (χ2v) is 3.38. The van der Waals surface area contributed by atoms with Crippen molar-refractivity contribution in [2.75, 3.05) is 6.54 Å². The van der Waals surface area contributed by atoms with Crippen molar-refractivity contribution in [1.82, 2.24) is 0 Å². The Morgan fingerprint density at radius 1 is 1.50 bits per heavy atom. The van der Waals surface area contributed by atoms with Gasteiger partial charge in [0.05, 0.1) is 13.0 Å². The van der Waals surface area contributed by atoms with Crippen molar-refractivity contribution in [3.05, 3.63) is 0 Å². The fourth-order valence-corrected chi connectivity index (χ4v) is 1.22. The minimum atomic E-state index is -0.709. The highest BCUT2D eigenvalue weighted by molar-refractivity contribution is 5.66. The lowest BCUT2D eigenvalue weighted by Crippen LogP contribution is -3.00. The molecule has 12 heavy (non-hydrogen) atoms. The van der Waals surface area contributed by atoms with Crippen LogP contribution < -0.4 is 18.1 Å². The molecule has 0 aromatic carbocycles. The van der Waals surface area contributed by atoms with Crippen LogP contribution in [0.2, 0.25) is 0 Å². The molecular formula is C8H18ClNO2. The molecule has 0 saturated carbocycles. The minimum Gasteiger partial charge on any atom is -1.00 e. The van der Waals surface area contributed by atoms with Crippen molar-refractivity contribution >= 4 is 5.97 Å². The Hall–Kier alpha value is -0.280. The standard InChI is InChI=1S/C8H17NO2.ClH/c1-6(2)3-7(5-9)4-8(10)11;/h6-7H,3-5,9H2,1-2H3,(H,10,11);1H/t7-;/m0./s1. The van der Waals surface area contributed by atoms with E-state index >= 15 is 0 Å². The molecule has 0 aliphatic heterocycles. The van der Waals surface area contributed by atoms with Gasteiger partial charge in [0, 0.05) is 5.92 Å². The van der Waals surface area contributed by atoms with Gasteiger partial charge in [-0.15, -0.1) is 0 Å². The molecule has 0 aliphatic rings. The monoisotopic (exact) mass is 195 g/mol. The Morgan fingerprint density at radius 2 is 2.00 bits per heavy atom. The van der Waals surface area contributed by atoms with E-state index in [0.717, 1.165) is 13.0 Å². The van der Waals surface area contributed by atoms with Gasteiger partial charge in [-0.05, 0) is 12.3 Å². The second kappa shape index (κ2) is 7.37. The third kappa shape index (κ3) is 7.82. The van der Waals surface area contributed by atoms with Crippen molar-refractivity contribution in [3.8, 4) is 0 Å². The molecule has 0 aromatic rings. The van der Waals surface area contributed by atoms with E-state index in [-0.39, 0.29) is 24.7 Å².